The van der Waals surface area contributed by atoms with Crippen molar-refractivity contribution in [2.24, 2.45) is 5.92 Å². The SMILES string of the molecule is COCC(=O)NC[C@@H]1CC(=O)N(Cc2ccc(F)cc2)C1. The second-order valence-corrected chi connectivity index (χ2v) is 5.21. The van der Waals surface area contributed by atoms with E-state index in [1.54, 1.807) is 17.0 Å². The summed E-state index contributed by atoms with van der Waals surface area (Å²) in [6.07, 6.45) is 0.425. The monoisotopic (exact) mass is 294 g/mol. The first-order chi connectivity index (χ1) is 10.1. The summed E-state index contributed by atoms with van der Waals surface area (Å²) < 4.78 is 17.6. The van der Waals surface area contributed by atoms with Crippen molar-refractivity contribution in [2.45, 2.75) is 13.0 Å². The van der Waals surface area contributed by atoms with Crippen LogP contribution in [0.25, 0.3) is 0 Å². The number of rotatable bonds is 6. The molecule has 2 amide bonds. The van der Waals surface area contributed by atoms with Crippen LogP contribution >= 0.6 is 0 Å². The summed E-state index contributed by atoms with van der Waals surface area (Å²) >= 11 is 0. The molecule has 0 radical (unpaired) electrons. The lowest BCUT2D eigenvalue weighted by Crippen LogP contribution is -2.33. The average Bonchev–Trinajstić information content (AvgIpc) is 2.80. The number of ether oxygens (including phenoxy) is 1. The Labute approximate surface area is 123 Å². The minimum atomic E-state index is -0.287. The van der Waals surface area contributed by atoms with E-state index in [4.69, 9.17) is 4.74 Å². The summed E-state index contributed by atoms with van der Waals surface area (Å²) in [7, 11) is 1.46. The third kappa shape index (κ3) is 4.53. The molecular weight excluding hydrogens is 275 g/mol. The Morgan fingerprint density at radius 3 is 2.81 bits per heavy atom. The molecule has 1 aromatic carbocycles. The summed E-state index contributed by atoms with van der Waals surface area (Å²) in [6.45, 7) is 1.57. The smallest absolute Gasteiger partial charge is 0.245 e. The van der Waals surface area contributed by atoms with Gasteiger partial charge in [0.1, 0.15) is 12.4 Å². The van der Waals surface area contributed by atoms with Crippen molar-refractivity contribution < 1.29 is 18.7 Å². The molecule has 6 heteroatoms. The largest absolute Gasteiger partial charge is 0.375 e. The number of halogens is 1. The van der Waals surface area contributed by atoms with E-state index in [0.717, 1.165) is 5.56 Å². The van der Waals surface area contributed by atoms with Crippen LogP contribution in [-0.4, -0.2) is 43.5 Å². The van der Waals surface area contributed by atoms with Gasteiger partial charge in [-0.2, -0.15) is 0 Å². The Hall–Kier alpha value is -1.95. The molecular formula is C15H19FN2O3. The van der Waals surface area contributed by atoms with Gasteiger partial charge >= 0.3 is 0 Å². The summed E-state index contributed by atoms with van der Waals surface area (Å²) in [4.78, 5) is 25.0. The lowest BCUT2D eigenvalue weighted by atomic mass is 10.1. The Bertz CT molecular complexity index is 504. The summed E-state index contributed by atoms with van der Waals surface area (Å²) in [6, 6.07) is 6.13. The highest BCUT2D eigenvalue weighted by Crippen LogP contribution is 2.19. The van der Waals surface area contributed by atoms with Crippen molar-refractivity contribution in [1.82, 2.24) is 10.2 Å². The number of methoxy groups -OCH3 is 1. The molecule has 0 aliphatic carbocycles. The molecule has 0 unspecified atom stereocenters. The number of amides is 2. The van der Waals surface area contributed by atoms with Crippen molar-refractivity contribution in [1.29, 1.82) is 0 Å². The van der Waals surface area contributed by atoms with E-state index in [1.807, 2.05) is 0 Å². The van der Waals surface area contributed by atoms with Gasteiger partial charge in [0, 0.05) is 39.1 Å². The molecule has 0 bridgehead atoms. The van der Waals surface area contributed by atoms with E-state index in [-0.39, 0.29) is 30.2 Å². The van der Waals surface area contributed by atoms with Gasteiger partial charge < -0.3 is 15.0 Å². The maximum absolute atomic E-state index is 12.8. The zero-order chi connectivity index (χ0) is 15.2. The number of hydrogen-bond donors (Lipinski definition) is 1. The summed E-state index contributed by atoms with van der Waals surface area (Å²) in [5.74, 6) is -0.295. The predicted molar refractivity (Wildman–Crippen MR) is 74.8 cm³/mol. The molecule has 1 heterocycles. The molecule has 1 saturated heterocycles. The molecule has 0 saturated carbocycles. The molecule has 5 nitrogen and oxygen atoms in total. The van der Waals surface area contributed by atoms with Crippen molar-refractivity contribution in [2.75, 3.05) is 26.8 Å². The summed E-state index contributed by atoms with van der Waals surface area (Å²) in [5.41, 5.74) is 0.897. The quantitative estimate of drug-likeness (QED) is 0.849. The van der Waals surface area contributed by atoms with Gasteiger partial charge in [-0.1, -0.05) is 12.1 Å². The molecule has 1 fully saturated rings. The van der Waals surface area contributed by atoms with Crippen molar-refractivity contribution >= 4 is 11.8 Å². The third-order valence-electron chi connectivity index (χ3n) is 3.44. The number of nitrogens with zero attached hydrogens (tertiary/aromatic N) is 1. The number of carbonyl (C=O) groups is 2. The summed E-state index contributed by atoms with van der Waals surface area (Å²) in [5, 5.41) is 2.75. The fourth-order valence-electron chi connectivity index (χ4n) is 2.39. The third-order valence-corrected chi connectivity index (χ3v) is 3.44. The maximum Gasteiger partial charge on any atom is 0.245 e. The highest BCUT2D eigenvalue weighted by atomic mass is 19.1. The van der Waals surface area contributed by atoms with Crippen LogP contribution in [0.3, 0.4) is 0 Å². The van der Waals surface area contributed by atoms with Crippen LogP contribution < -0.4 is 5.32 Å². The molecule has 1 N–H and O–H groups in total. The number of likely N-dealkylation sites (tertiary alicyclic amines) is 1. The molecule has 0 spiro atoms. The number of nitrogens with one attached hydrogen (secondary N) is 1. The molecule has 1 aliphatic rings. The normalized spacial score (nSPS) is 18.1. The molecule has 114 valence electrons. The number of benzene rings is 1. The van der Waals surface area contributed by atoms with E-state index in [0.29, 0.717) is 26.1 Å². The fraction of sp³-hybridized carbons (Fsp3) is 0.467. The topological polar surface area (TPSA) is 58.6 Å². The van der Waals surface area contributed by atoms with Gasteiger partial charge in [0.2, 0.25) is 11.8 Å². The zero-order valence-electron chi connectivity index (χ0n) is 12.0. The Balaban J connectivity index is 1.82. The maximum atomic E-state index is 12.8. The van der Waals surface area contributed by atoms with Gasteiger partial charge in [0.25, 0.3) is 0 Å². The number of hydrogen-bond acceptors (Lipinski definition) is 3. The van der Waals surface area contributed by atoms with Gasteiger partial charge in [-0.05, 0) is 17.7 Å². The lowest BCUT2D eigenvalue weighted by Gasteiger charge is -2.17. The molecule has 0 aromatic heterocycles. The standard InChI is InChI=1S/C15H19FN2O3/c1-21-10-14(19)17-7-12-6-15(20)18(9-12)8-11-2-4-13(16)5-3-11/h2-5,12H,6-10H2,1H3,(H,17,19)/t12-/m0/s1. The second-order valence-electron chi connectivity index (χ2n) is 5.21. The van der Waals surface area contributed by atoms with Crippen molar-refractivity contribution in [3.05, 3.63) is 35.6 Å². The Morgan fingerprint density at radius 1 is 1.43 bits per heavy atom. The van der Waals surface area contributed by atoms with Gasteiger partial charge in [-0.3, -0.25) is 9.59 Å². The van der Waals surface area contributed by atoms with Gasteiger partial charge in [0.05, 0.1) is 0 Å². The van der Waals surface area contributed by atoms with E-state index in [2.05, 4.69) is 5.32 Å². The van der Waals surface area contributed by atoms with Crippen LogP contribution in [0.1, 0.15) is 12.0 Å². The minimum absolute atomic E-state index is 0.0277. The van der Waals surface area contributed by atoms with Gasteiger partial charge in [-0.25, -0.2) is 4.39 Å². The first kappa shape index (κ1) is 15.4. The van der Waals surface area contributed by atoms with Crippen LogP contribution in [0.5, 0.6) is 0 Å². The van der Waals surface area contributed by atoms with Crippen LogP contribution in [0, 0.1) is 11.7 Å². The molecule has 1 aliphatic heterocycles. The second kappa shape index (κ2) is 7.17. The molecule has 1 atom stereocenters. The first-order valence-corrected chi connectivity index (χ1v) is 6.86. The lowest BCUT2D eigenvalue weighted by molar-refractivity contribution is -0.128. The van der Waals surface area contributed by atoms with Gasteiger partial charge in [0.15, 0.2) is 0 Å². The van der Waals surface area contributed by atoms with E-state index in [9.17, 15) is 14.0 Å². The molecule has 21 heavy (non-hydrogen) atoms. The average molecular weight is 294 g/mol. The zero-order valence-corrected chi connectivity index (χ0v) is 12.0. The highest BCUT2D eigenvalue weighted by Gasteiger charge is 2.29. The Kier molecular flexibility index (Phi) is 5.27. The van der Waals surface area contributed by atoms with Crippen LogP contribution in [0.2, 0.25) is 0 Å². The minimum Gasteiger partial charge on any atom is -0.375 e. The predicted octanol–water partition coefficient (Wildman–Crippen LogP) is 0.937. The fourth-order valence-corrected chi connectivity index (χ4v) is 2.39. The van der Waals surface area contributed by atoms with Crippen molar-refractivity contribution in [3.8, 4) is 0 Å². The molecule has 2 rings (SSSR count). The van der Waals surface area contributed by atoms with Gasteiger partial charge in [-0.15, -0.1) is 0 Å². The number of carbonyl (C=O) groups excluding carboxylic acids is 2. The van der Waals surface area contributed by atoms with Crippen LogP contribution in [0.15, 0.2) is 24.3 Å². The van der Waals surface area contributed by atoms with E-state index < -0.39 is 0 Å². The Morgan fingerprint density at radius 2 is 2.14 bits per heavy atom. The van der Waals surface area contributed by atoms with Crippen LogP contribution in [0.4, 0.5) is 4.39 Å². The van der Waals surface area contributed by atoms with Crippen LogP contribution in [-0.2, 0) is 20.9 Å². The first-order valence-electron chi connectivity index (χ1n) is 6.86. The van der Waals surface area contributed by atoms with E-state index >= 15 is 0 Å². The van der Waals surface area contributed by atoms with Crippen molar-refractivity contribution in [3.63, 3.8) is 0 Å². The highest BCUT2D eigenvalue weighted by molar-refractivity contribution is 5.79. The molecule has 1 aromatic rings. The van der Waals surface area contributed by atoms with E-state index in [1.165, 1.54) is 19.2 Å².